The first-order chi connectivity index (χ1) is 12.2. The van der Waals surface area contributed by atoms with Gasteiger partial charge in [-0.25, -0.2) is 0 Å². The van der Waals surface area contributed by atoms with Crippen molar-refractivity contribution in [3.05, 3.63) is 62.4 Å². The van der Waals surface area contributed by atoms with Crippen molar-refractivity contribution in [2.45, 2.75) is 26.4 Å². The number of carbonyl (C=O) groups is 1. The van der Waals surface area contributed by atoms with Gasteiger partial charge in [0.2, 0.25) is 0 Å². The first-order valence-electron chi connectivity index (χ1n) is 7.84. The molecule has 2 aromatic heterocycles. The number of hydrogen-bond donors (Lipinski definition) is 2. The Morgan fingerprint density at radius 3 is 2.58 bits per heavy atom. The van der Waals surface area contributed by atoms with Gasteiger partial charge in [-0.05, 0) is 37.1 Å². The molecule has 1 amide bonds. The van der Waals surface area contributed by atoms with E-state index in [1.54, 1.807) is 4.98 Å². The van der Waals surface area contributed by atoms with Crippen molar-refractivity contribution in [3.8, 4) is 0 Å². The zero-order chi connectivity index (χ0) is 19.1. The van der Waals surface area contributed by atoms with Gasteiger partial charge in [0.15, 0.2) is 0 Å². The van der Waals surface area contributed by atoms with E-state index < -0.39 is 23.3 Å². The molecule has 3 aromatic rings. The summed E-state index contributed by atoms with van der Waals surface area (Å²) in [5.74, 6) is -0.741. The number of anilines is 1. The van der Waals surface area contributed by atoms with Crippen LogP contribution in [-0.2, 0) is 12.6 Å². The van der Waals surface area contributed by atoms with Crippen LogP contribution in [0, 0.1) is 6.92 Å². The van der Waals surface area contributed by atoms with Gasteiger partial charge in [0.25, 0.3) is 11.5 Å². The molecule has 0 aliphatic heterocycles. The van der Waals surface area contributed by atoms with Crippen LogP contribution in [0.4, 0.5) is 18.9 Å². The van der Waals surface area contributed by atoms with Crippen LogP contribution in [0.25, 0.3) is 10.1 Å². The van der Waals surface area contributed by atoms with Crippen molar-refractivity contribution >= 4 is 33.0 Å². The van der Waals surface area contributed by atoms with E-state index in [9.17, 15) is 22.8 Å². The number of aryl methyl sites for hydroxylation is 2. The molecule has 0 atom stereocenters. The Balaban J connectivity index is 1.98. The summed E-state index contributed by atoms with van der Waals surface area (Å²) in [5, 5.41) is 3.53. The number of benzene rings is 1. The number of hydrogen-bond acceptors (Lipinski definition) is 3. The molecule has 2 heterocycles. The van der Waals surface area contributed by atoms with E-state index in [1.165, 1.54) is 11.3 Å². The monoisotopic (exact) mass is 380 g/mol. The molecule has 0 fully saturated rings. The molecule has 3 rings (SSSR count). The van der Waals surface area contributed by atoms with E-state index in [0.717, 1.165) is 26.6 Å². The topological polar surface area (TPSA) is 62.0 Å². The minimum Gasteiger partial charge on any atom is -0.320 e. The smallest absolute Gasteiger partial charge is 0.320 e. The summed E-state index contributed by atoms with van der Waals surface area (Å²) in [6.45, 7) is 3.91. The first kappa shape index (κ1) is 18.2. The third-order valence-electron chi connectivity index (χ3n) is 3.94. The molecule has 0 bridgehead atoms. The van der Waals surface area contributed by atoms with Crippen molar-refractivity contribution in [2.24, 2.45) is 0 Å². The van der Waals surface area contributed by atoms with Crippen LogP contribution in [0.3, 0.4) is 0 Å². The lowest BCUT2D eigenvalue weighted by Gasteiger charge is -2.09. The van der Waals surface area contributed by atoms with Crippen LogP contribution in [0.1, 0.15) is 33.4 Å². The number of fused-ring (bicyclic) bond motifs is 1. The molecule has 1 aromatic carbocycles. The van der Waals surface area contributed by atoms with Crippen molar-refractivity contribution in [3.63, 3.8) is 0 Å². The second-order valence-corrected chi connectivity index (χ2v) is 6.96. The van der Waals surface area contributed by atoms with Gasteiger partial charge in [-0.2, -0.15) is 13.2 Å². The maximum atomic E-state index is 12.6. The van der Waals surface area contributed by atoms with Gasteiger partial charge in [-0.3, -0.25) is 9.59 Å². The standard InChI is InChI=1S/C18H15F3N2O2S/c1-3-12-15(10-5-4-9(2)8-13(10)26-12)23-17(25)11-6-7-14(18(19,20)21)22-16(11)24/h4-8H,3H2,1-2H3,(H,22,24)(H,23,25). The van der Waals surface area contributed by atoms with Crippen LogP contribution in [0.5, 0.6) is 0 Å². The van der Waals surface area contributed by atoms with Crippen molar-refractivity contribution in [1.82, 2.24) is 4.98 Å². The number of carbonyl (C=O) groups excluding carboxylic acids is 1. The van der Waals surface area contributed by atoms with E-state index in [1.807, 2.05) is 32.0 Å². The number of H-pyrrole nitrogens is 1. The zero-order valence-electron chi connectivity index (χ0n) is 14.0. The molecule has 0 unspecified atom stereocenters. The highest BCUT2D eigenvalue weighted by Gasteiger charge is 2.32. The summed E-state index contributed by atoms with van der Waals surface area (Å²) in [6, 6.07) is 7.37. The Kier molecular flexibility index (Phi) is 4.62. The third-order valence-corrected chi connectivity index (χ3v) is 5.23. The molecule has 26 heavy (non-hydrogen) atoms. The Morgan fingerprint density at radius 2 is 1.96 bits per heavy atom. The van der Waals surface area contributed by atoms with Crippen LogP contribution >= 0.6 is 11.3 Å². The Morgan fingerprint density at radius 1 is 1.23 bits per heavy atom. The number of pyridine rings is 1. The number of alkyl halides is 3. The molecular weight excluding hydrogens is 365 g/mol. The molecule has 0 radical (unpaired) electrons. The van der Waals surface area contributed by atoms with Gasteiger partial charge in [0, 0.05) is 15.0 Å². The van der Waals surface area contributed by atoms with Gasteiger partial charge < -0.3 is 10.3 Å². The summed E-state index contributed by atoms with van der Waals surface area (Å²) in [6.07, 6.45) is -4.00. The Bertz CT molecular complexity index is 1050. The predicted molar refractivity (Wildman–Crippen MR) is 96.0 cm³/mol. The fourth-order valence-corrected chi connectivity index (χ4v) is 3.84. The number of thiophene rings is 1. The second kappa shape index (κ2) is 6.60. The van der Waals surface area contributed by atoms with Crippen molar-refractivity contribution in [2.75, 3.05) is 5.32 Å². The molecule has 0 aliphatic rings. The lowest BCUT2D eigenvalue weighted by molar-refractivity contribution is -0.141. The summed E-state index contributed by atoms with van der Waals surface area (Å²) in [7, 11) is 0. The Labute approximate surface area is 150 Å². The van der Waals surface area contributed by atoms with Gasteiger partial charge in [-0.1, -0.05) is 19.1 Å². The van der Waals surface area contributed by atoms with Gasteiger partial charge in [-0.15, -0.1) is 11.3 Å². The van der Waals surface area contributed by atoms with Crippen LogP contribution in [-0.4, -0.2) is 10.9 Å². The average molecular weight is 380 g/mol. The fourth-order valence-electron chi connectivity index (χ4n) is 2.64. The summed E-state index contributed by atoms with van der Waals surface area (Å²) < 4.78 is 38.9. The van der Waals surface area contributed by atoms with Crippen molar-refractivity contribution in [1.29, 1.82) is 0 Å². The molecule has 2 N–H and O–H groups in total. The number of aromatic amines is 1. The third kappa shape index (κ3) is 3.37. The van der Waals surface area contributed by atoms with Crippen LogP contribution in [0.2, 0.25) is 0 Å². The quantitative estimate of drug-likeness (QED) is 0.690. The van der Waals surface area contributed by atoms with Gasteiger partial charge in [0.1, 0.15) is 11.3 Å². The van der Waals surface area contributed by atoms with E-state index >= 15 is 0 Å². The van der Waals surface area contributed by atoms with E-state index in [2.05, 4.69) is 5.32 Å². The SMILES string of the molecule is CCc1sc2cc(C)ccc2c1NC(=O)c1ccc(C(F)(F)F)[nH]c1=O. The number of halogens is 3. The van der Waals surface area contributed by atoms with Gasteiger partial charge >= 0.3 is 6.18 Å². The maximum absolute atomic E-state index is 12.6. The minimum absolute atomic E-state index is 0.369. The van der Waals surface area contributed by atoms with Gasteiger partial charge in [0.05, 0.1) is 5.69 Å². The maximum Gasteiger partial charge on any atom is 0.431 e. The molecule has 4 nitrogen and oxygen atoms in total. The number of aromatic nitrogens is 1. The molecule has 0 spiro atoms. The number of amides is 1. The lowest BCUT2D eigenvalue weighted by Crippen LogP contribution is -2.25. The highest BCUT2D eigenvalue weighted by Crippen LogP contribution is 2.37. The summed E-state index contributed by atoms with van der Waals surface area (Å²) in [4.78, 5) is 27.0. The number of nitrogens with one attached hydrogen (secondary N) is 2. The predicted octanol–water partition coefficient (Wildman–Crippen LogP) is 4.73. The lowest BCUT2D eigenvalue weighted by atomic mass is 10.1. The van der Waals surface area contributed by atoms with E-state index in [4.69, 9.17) is 0 Å². The minimum atomic E-state index is -4.68. The first-order valence-corrected chi connectivity index (χ1v) is 8.66. The van der Waals surface area contributed by atoms with Crippen molar-refractivity contribution < 1.29 is 18.0 Å². The van der Waals surface area contributed by atoms with E-state index in [-0.39, 0.29) is 5.56 Å². The highest BCUT2D eigenvalue weighted by molar-refractivity contribution is 7.19. The van der Waals surface area contributed by atoms with Crippen LogP contribution < -0.4 is 10.9 Å². The largest absolute Gasteiger partial charge is 0.431 e. The molecule has 0 saturated heterocycles. The number of rotatable bonds is 3. The second-order valence-electron chi connectivity index (χ2n) is 5.82. The molecule has 0 saturated carbocycles. The Hall–Kier alpha value is -2.61. The molecular formula is C18H15F3N2O2S. The fraction of sp³-hybridized carbons (Fsp3) is 0.222. The van der Waals surface area contributed by atoms with Crippen LogP contribution in [0.15, 0.2) is 35.1 Å². The normalized spacial score (nSPS) is 11.7. The molecule has 136 valence electrons. The van der Waals surface area contributed by atoms with E-state index in [0.29, 0.717) is 18.2 Å². The molecule has 0 aliphatic carbocycles. The summed E-state index contributed by atoms with van der Waals surface area (Å²) in [5.41, 5.74) is -0.961. The highest BCUT2D eigenvalue weighted by atomic mass is 32.1. The average Bonchev–Trinajstić information content (AvgIpc) is 2.90. The summed E-state index contributed by atoms with van der Waals surface area (Å²) >= 11 is 1.54. The molecule has 8 heteroatoms. The zero-order valence-corrected chi connectivity index (χ0v) is 14.8.